The fourth-order valence-electron chi connectivity index (χ4n) is 5.16. The third-order valence-corrected chi connectivity index (χ3v) is 7.34. The van der Waals surface area contributed by atoms with Crippen LogP contribution in [0.5, 0.6) is 5.75 Å². The Morgan fingerprint density at radius 3 is 2.74 bits per heavy atom. The number of carbonyl (C=O) groups is 2. The molecule has 0 spiro atoms. The molecule has 2 aliphatic rings. The molecule has 0 radical (unpaired) electrons. The largest absolute Gasteiger partial charge is 0.468 e. The van der Waals surface area contributed by atoms with Crippen LogP contribution in [0.25, 0.3) is 0 Å². The minimum absolute atomic E-state index is 0.0891. The van der Waals surface area contributed by atoms with Gasteiger partial charge in [0.1, 0.15) is 17.7 Å². The van der Waals surface area contributed by atoms with E-state index < -0.39 is 35.9 Å². The molecule has 1 fully saturated rings. The van der Waals surface area contributed by atoms with Crippen molar-refractivity contribution in [1.82, 2.24) is 20.9 Å². The van der Waals surface area contributed by atoms with Crippen LogP contribution in [-0.4, -0.2) is 47.3 Å². The summed E-state index contributed by atoms with van der Waals surface area (Å²) in [6.45, 7) is 3.10. The number of benzene rings is 1. The maximum absolute atomic E-state index is 14.4. The summed E-state index contributed by atoms with van der Waals surface area (Å²) in [4.78, 5) is 30.3. The SMILES string of the molecule is C#CCC1C2C(=O)NCCCCCc3cc(F)cc(c3)OC(C(O)CNCc3cncc(CC)c3)NC(=O)C12. The number of hydrogen-bond acceptors (Lipinski definition) is 6. The van der Waals surface area contributed by atoms with Crippen LogP contribution in [0, 0.1) is 35.9 Å². The van der Waals surface area contributed by atoms with Crippen LogP contribution in [0.2, 0.25) is 0 Å². The van der Waals surface area contributed by atoms with Crippen LogP contribution < -0.4 is 20.7 Å². The Morgan fingerprint density at radius 1 is 1.15 bits per heavy atom. The predicted octanol–water partition coefficient (Wildman–Crippen LogP) is 2.48. The van der Waals surface area contributed by atoms with Gasteiger partial charge in [0.05, 0.1) is 11.8 Å². The Hall–Kier alpha value is -3.48. The van der Waals surface area contributed by atoms with Crippen molar-refractivity contribution in [2.24, 2.45) is 17.8 Å². The molecule has 1 saturated carbocycles. The molecule has 0 saturated heterocycles. The van der Waals surface area contributed by atoms with Gasteiger partial charge in [0, 0.05) is 44.5 Å². The number of nitrogens with one attached hydrogen (secondary N) is 3. The monoisotopic (exact) mass is 536 g/mol. The second-order valence-corrected chi connectivity index (χ2v) is 10.3. The van der Waals surface area contributed by atoms with E-state index >= 15 is 0 Å². The van der Waals surface area contributed by atoms with Crippen LogP contribution >= 0.6 is 0 Å². The molecule has 1 aromatic heterocycles. The molecule has 208 valence electrons. The Morgan fingerprint density at radius 2 is 1.95 bits per heavy atom. The van der Waals surface area contributed by atoms with Crippen molar-refractivity contribution in [3.63, 3.8) is 0 Å². The molecule has 2 heterocycles. The van der Waals surface area contributed by atoms with Crippen molar-refractivity contribution in [3.8, 4) is 18.1 Å². The van der Waals surface area contributed by atoms with Crippen molar-refractivity contribution in [3.05, 3.63) is 59.2 Å². The topological polar surface area (TPSA) is 113 Å². The van der Waals surface area contributed by atoms with Crippen molar-refractivity contribution < 1.29 is 23.8 Å². The molecule has 8 nitrogen and oxygen atoms in total. The Balaban J connectivity index is 1.51. The predicted molar refractivity (Wildman–Crippen MR) is 145 cm³/mol. The summed E-state index contributed by atoms with van der Waals surface area (Å²) in [5.41, 5.74) is 2.83. The minimum atomic E-state index is -1.18. The zero-order valence-electron chi connectivity index (χ0n) is 22.3. The highest BCUT2D eigenvalue weighted by Gasteiger charge is 2.58. The van der Waals surface area contributed by atoms with E-state index in [4.69, 9.17) is 11.2 Å². The molecule has 2 bridgehead atoms. The van der Waals surface area contributed by atoms with Crippen LogP contribution in [0.3, 0.4) is 0 Å². The highest BCUT2D eigenvalue weighted by atomic mass is 19.1. The fourth-order valence-corrected chi connectivity index (χ4v) is 5.16. The Kier molecular flexibility index (Phi) is 9.90. The van der Waals surface area contributed by atoms with Gasteiger partial charge in [0.2, 0.25) is 11.8 Å². The number of hydrogen-bond donors (Lipinski definition) is 4. The molecule has 2 aromatic rings. The van der Waals surface area contributed by atoms with E-state index in [-0.39, 0.29) is 24.1 Å². The lowest BCUT2D eigenvalue weighted by Crippen LogP contribution is -2.51. The maximum Gasteiger partial charge on any atom is 0.227 e. The standard InChI is InChI=1S/C30H37FN4O4/c1-3-8-24-26-27(24)29(38)35-30(25(36)18-33-17-21-11-19(4-2)15-32-16-21)39-23-13-20(12-22(31)14-23)9-6-5-7-10-34-28(26)37/h1,11-16,24-27,30,33,36H,4-10,17-18H2,2H3,(H,34,37)(H,35,38). The third-order valence-electron chi connectivity index (χ3n) is 7.34. The third kappa shape index (κ3) is 7.78. The minimum Gasteiger partial charge on any atom is -0.468 e. The molecule has 1 aliphatic carbocycles. The zero-order valence-corrected chi connectivity index (χ0v) is 22.3. The number of aliphatic hydroxyl groups excluding tert-OH is 1. The van der Waals surface area contributed by atoms with Gasteiger partial charge in [-0.25, -0.2) is 4.39 Å². The summed E-state index contributed by atoms with van der Waals surface area (Å²) in [6, 6.07) is 6.47. The van der Waals surface area contributed by atoms with Gasteiger partial charge in [0.25, 0.3) is 0 Å². The summed E-state index contributed by atoms with van der Waals surface area (Å²) in [5, 5.41) is 19.9. The summed E-state index contributed by atoms with van der Waals surface area (Å²) in [5.74, 6) is 0.291. The molecule has 4 rings (SSSR count). The van der Waals surface area contributed by atoms with Crippen LogP contribution in [0.4, 0.5) is 4.39 Å². The summed E-state index contributed by atoms with van der Waals surface area (Å²) >= 11 is 0. The van der Waals surface area contributed by atoms with Crippen molar-refractivity contribution in [2.45, 2.75) is 64.3 Å². The quantitative estimate of drug-likeness (QED) is 0.405. The maximum atomic E-state index is 14.4. The highest BCUT2D eigenvalue weighted by Crippen LogP contribution is 2.49. The van der Waals surface area contributed by atoms with E-state index in [0.717, 1.165) is 42.4 Å². The molecule has 4 N–H and O–H groups in total. The van der Waals surface area contributed by atoms with Gasteiger partial charge in [0.15, 0.2) is 6.23 Å². The number of fused-ring (bicyclic) bond motifs is 3. The number of ether oxygens (including phenoxy) is 1. The molecule has 1 aliphatic heterocycles. The average molecular weight is 537 g/mol. The second kappa shape index (κ2) is 13.5. The second-order valence-electron chi connectivity index (χ2n) is 10.3. The number of aliphatic hydroxyl groups is 1. The first kappa shape index (κ1) is 28.5. The number of rotatable bonds is 7. The van der Waals surface area contributed by atoms with Crippen molar-refractivity contribution in [1.29, 1.82) is 0 Å². The molecule has 2 amide bonds. The molecule has 39 heavy (non-hydrogen) atoms. The Bertz CT molecular complexity index is 1200. The van der Waals surface area contributed by atoms with Crippen LogP contribution in [-0.2, 0) is 29.0 Å². The number of pyridine rings is 1. The molecule has 5 unspecified atom stereocenters. The highest BCUT2D eigenvalue weighted by molar-refractivity contribution is 5.93. The zero-order chi connectivity index (χ0) is 27.8. The molecular formula is C30H37FN4O4. The number of carbonyl (C=O) groups excluding carboxylic acids is 2. The normalized spacial score (nSPS) is 24.4. The summed E-state index contributed by atoms with van der Waals surface area (Å²) in [7, 11) is 0. The summed E-state index contributed by atoms with van der Waals surface area (Å²) < 4.78 is 20.4. The van der Waals surface area contributed by atoms with E-state index in [9.17, 15) is 19.1 Å². The number of halogens is 1. The van der Waals surface area contributed by atoms with Crippen LogP contribution in [0.1, 0.15) is 49.3 Å². The number of aromatic nitrogens is 1. The van der Waals surface area contributed by atoms with E-state index in [0.29, 0.717) is 25.9 Å². The number of aryl methyl sites for hydroxylation is 2. The van der Waals surface area contributed by atoms with Gasteiger partial charge in [-0.05, 0) is 60.4 Å². The average Bonchev–Trinajstić information content (AvgIpc) is 3.63. The van der Waals surface area contributed by atoms with E-state index in [2.05, 4.69) is 33.8 Å². The van der Waals surface area contributed by atoms with Crippen molar-refractivity contribution in [2.75, 3.05) is 13.1 Å². The number of terminal acetylenes is 1. The van der Waals surface area contributed by atoms with Crippen molar-refractivity contribution >= 4 is 11.8 Å². The fraction of sp³-hybridized carbons (Fsp3) is 0.500. The lowest BCUT2D eigenvalue weighted by molar-refractivity contribution is -0.130. The first-order valence-electron chi connectivity index (χ1n) is 13.7. The number of nitrogens with zero attached hydrogens (tertiary/aromatic N) is 1. The van der Waals surface area contributed by atoms with Crippen LogP contribution in [0.15, 0.2) is 36.7 Å². The molecular weight excluding hydrogens is 499 g/mol. The smallest absolute Gasteiger partial charge is 0.227 e. The first-order valence-corrected chi connectivity index (χ1v) is 13.7. The molecule has 5 atom stereocenters. The lowest BCUT2D eigenvalue weighted by Gasteiger charge is -2.26. The Labute approximate surface area is 229 Å². The van der Waals surface area contributed by atoms with E-state index in [1.54, 1.807) is 12.3 Å². The van der Waals surface area contributed by atoms with Gasteiger partial charge in [-0.15, -0.1) is 12.3 Å². The van der Waals surface area contributed by atoms with E-state index in [1.165, 1.54) is 12.1 Å². The number of amides is 2. The van der Waals surface area contributed by atoms with Gasteiger partial charge in [-0.2, -0.15) is 0 Å². The summed E-state index contributed by atoms with van der Waals surface area (Å²) in [6.07, 6.45) is 11.0. The lowest BCUT2D eigenvalue weighted by atomic mass is 10.1. The van der Waals surface area contributed by atoms with Gasteiger partial charge >= 0.3 is 0 Å². The molecule has 9 heteroatoms. The van der Waals surface area contributed by atoms with Gasteiger partial charge in [-0.3, -0.25) is 14.6 Å². The molecule has 1 aromatic carbocycles. The van der Waals surface area contributed by atoms with E-state index in [1.807, 2.05) is 12.3 Å². The van der Waals surface area contributed by atoms with Gasteiger partial charge in [-0.1, -0.05) is 19.4 Å². The van der Waals surface area contributed by atoms with Gasteiger partial charge < -0.3 is 25.8 Å². The first-order chi connectivity index (χ1) is 18.9.